The number of carbonyl (C=O) groups excluding carboxylic acids is 1. The Morgan fingerprint density at radius 3 is 2.48 bits per heavy atom. The molecule has 4 rings (SSSR count). The summed E-state index contributed by atoms with van der Waals surface area (Å²) < 4.78 is 13.3. The first-order valence-electron chi connectivity index (χ1n) is 10.5. The molecular formula is C24H26ClFN4O. The molecule has 3 aromatic rings. The molecule has 1 heterocycles. The van der Waals surface area contributed by atoms with Crippen LogP contribution < -0.4 is 15.5 Å². The minimum absolute atomic E-state index is 0.0412. The largest absolute Gasteiger partial charge is 0.377 e. The number of pyridine rings is 1. The van der Waals surface area contributed by atoms with Crippen LogP contribution in [0.25, 0.3) is 10.9 Å². The highest BCUT2D eigenvalue weighted by Crippen LogP contribution is 2.29. The minimum Gasteiger partial charge on any atom is -0.377 e. The van der Waals surface area contributed by atoms with Gasteiger partial charge in [0.25, 0.3) is 5.91 Å². The summed E-state index contributed by atoms with van der Waals surface area (Å²) in [4.78, 5) is 19.3. The van der Waals surface area contributed by atoms with E-state index in [-0.39, 0.29) is 17.0 Å². The summed E-state index contributed by atoms with van der Waals surface area (Å²) in [6.45, 7) is 0. The smallest absolute Gasteiger partial charge is 0.251 e. The van der Waals surface area contributed by atoms with Crippen LogP contribution in [-0.4, -0.2) is 37.1 Å². The zero-order chi connectivity index (χ0) is 22.0. The number of nitrogens with one attached hydrogen (secondary N) is 2. The van der Waals surface area contributed by atoms with Crippen molar-refractivity contribution >= 4 is 39.9 Å². The van der Waals surface area contributed by atoms with Crippen molar-refractivity contribution in [1.29, 1.82) is 0 Å². The summed E-state index contributed by atoms with van der Waals surface area (Å²) in [6.07, 6.45) is 3.60. The van der Waals surface area contributed by atoms with E-state index in [1.54, 1.807) is 0 Å². The molecule has 7 heteroatoms. The van der Waals surface area contributed by atoms with Gasteiger partial charge in [-0.2, -0.15) is 0 Å². The van der Waals surface area contributed by atoms with Crippen LogP contribution >= 0.6 is 11.6 Å². The zero-order valence-corrected chi connectivity index (χ0v) is 18.4. The first-order chi connectivity index (χ1) is 14.9. The van der Waals surface area contributed by atoms with Gasteiger partial charge in [-0.3, -0.25) is 4.79 Å². The third-order valence-corrected chi connectivity index (χ3v) is 6.06. The highest BCUT2D eigenvalue weighted by atomic mass is 35.5. The fourth-order valence-electron chi connectivity index (χ4n) is 4.10. The second-order valence-corrected chi connectivity index (χ2v) is 8.64. The Hall–Kier alpha value is -2.86. The molecule has 31 heavy (non-hydrogen) atoms. The molecule has 1 amide bonds. The number of hydrogen-bond acceptors (Lipinski definition) is 4. The molecule has 1 aliphatic rings. The van der Waals surface area contributed by atoms with Crippen LogP contribution in [0.15, 0.2) is 48.5 Å². The van der Waals surface area contributed by atoms with Gasteiger partial charge in [-0.15, -0.1) is 0 Å². The van der Waals surface area contributed by atoms with E-state index in [0.717, 1.165) is 48.1 Å². The number of para-hydroxylation sites is 1. The van der Waals surface area contributed by atoms with Crippen LogP contribution in [0.1, 0.15) is 36.0 Å². The van der Waals surface area contributed by atoms with Crippen LogP contribution in [0.5, 0.6) is 0 Å². The molecule has 5 nitrogen and oxygen atoms in total. The summed E-state index contributed by atoms with van der Waals surface area (Å²) in [5.74, 6) is 0.130. The third kappa shape index (κ3) is 4.90. The molecule has 1 fully saturated rings. The van der Waals surface area contributed by atoms with E-state index < -0.39 is 5.82 Å². The zero-order valence-electron chi connectivity index (χ0n) is 17.7. The quantitative estimate of drug-likeness (QED) is 0.569. The number of benzene rings is 2. The maximum absolute atomic E-state index is 13.3. The minimum atomic E-state index is -0.524. The van der Waals surface area contributed by atoms with Gasteiger partial charge in [-0.25, -0.2) is 9.37 Å². The van der Waals surface area contributed by atoms with Crippen molar-refractivity contribution in [1.82, 2.24) is 10.3 Å². The van der Waals surface area contributed by atoms with Gasteiger partial charge in [-0.05, 0) is 49.9 Å². The SMILES string of the molecule is CN(C)c1cc(NC2CCC(NC(=O)c3ccc(F)c(Cl)c3)CC2)nc2ccccc12. The van der Waals surface area contributed by atoms with E-state index in [0.29, 0.717) is 11.6 Å². The summed E-state index contributed by atoms with van der Waals surface area (Å²) >= 11 is 5.79. The van der Waals surface area contributed by atoms with Crippen molar-refractivity contribution in [3.63, 3.8) is 0 Å². The van der Waals surface area contributed by atoms with E-state index in [1.165, 1.54) is 18.2 Å². The lowest BCUT2D eigenvalue weighted by Crippen LogP contribution is -2.40. The molecule has 0 atom stereocenters. The van der Waals surface area contributed by atoms with Gasteiger partial charge in [0, 0.05) is 48.9 Å². The fourth-order valence-corrected chi connectivity index (χ4v) is 4.28. The van der Waals surface area contributed by atoms with Crippen molar-refractivity contribution in [3.05, 3.63) is 64.9 Å². The molecule has 2 aromatic carbocycles. The third-order valence-electron chi connectivity index (χ3n) is 5.77. The highest BCUT2D eigenvalue weighted by molar-refractivity contribution is 6.31. The Labute approximate surface area is 186 Å². The van der Waals surface area contributed by atoms with Crippen molar-refractivity contribution in [2.24, 2.45) is 0 Å². The van der Waals surface area contributed by atoms with E-state index in [2.05, 4.69) is 27.7 Å². The summed E-state index contributed by atoms with van der Waals surface area (Å²) in [6, 6.07) is 14.7. The molecule has 0 bridgehead atoms. The van der Waals surface area contributed by atoms with Crippen molar-refractivity contribution in [3.8, 4) is 0 Å². The number of carbonyl (C=O) groups is 1. The number of anilines is 2. The Bertz CT molecular complexity index is 1100. The normalized spacial score (nSPS) is 18.6. The average molecular weight is 441 g/mol. The number of nitrogens with zero attached hydrogens (tertiary/aromatic N) is 2. The number of fused-ring (bicyclic) bond motifs is 1. The Morgan fingerprint density at radius 2 is 1.77 bits per heavy atom. The summed E-state index contributed by atoms with van der Waals surface area (Å²) in [7, 11) is 4.07. The average Bonchev–Trinajstić information content (AvgIpc) is 2.76. The van der Waals surface area contributed by atoms with E-state index in [1.807, 2.05) is 32.3 Å². The van der Waals surface area contributed by atoms with Gasteiger partial charge in [0.1, 0.15) is 11.6 Å². The molecule has 162 valence electrons. The summed E-state index contributed by atoms with van der Waals surface area (Å²) in [5, 5.41) is 7.71. The first kappa shape index (κ1) is 21.4. The number of rotatable bonds is 5. The van der Waals surface area contributed by atoms with Crippen LogP contribution in [0.2, 0.25) is 5.02 Å². The lowest BCUT2D eigenvalue weighted by atomic mass is 9.91. The van der Waals surface area contributed by atoms with E-state index >= 15 is 0 Å². The van der Waals surface area contributed by atoms with Gasteiger partial charge in [0.05, 0.1) is 10.5 Å². The van der Waals surface area contributed by atoms with Gasteiger partial charge in [0.2, 0.25) is 0 Å². The molecule has 0 unspecified atom stereocenters. The van der Waals surface area contributed by atoms with E-state index in [9.17, 15) is 9.18 Å². The molecule has 2 N–H and O–H groups in total. The molecule has 0 saturated heterocycles. The molecule has 0 radical (unpaired) electrons. The maximum Gasteiger partial charge on any atom is 0.251 e. The Morgan fingerprint density at radius 1 is 1.06 bits per heavy atom. The molecular weight excluding hydrogens is 415 g/mol. The van der Waals surface area contributed by atoms with E-state index in [4.69, 9.17) is 16.6 Å². The Balaban J connectivity index is 1.37. The molecule has 0 aliphatic heterocycles. The number of amides is 1. The second kappa shape index (κ2) is 9.10. The second-order valence-electron chi connectivity index (χ2n) is 8.23. The van der Waals surface area contributed by atoms with Gasteiger partial charge in [0.15, 0.2) is 0 Å². The van der Waals surface area contributed by atoms with Gasteiger partial charge < -0.3 is 15.5 Å². The predicted molar refractivity (Wildman–Crippen MR) is 125 cm³/mol. The molecule has 0 spiro atoms. The summed E-state index contributed by atoms with van der Waals surface area (Å²) in [5.41, 5.74) is 2.48. The Kier molecular flexibility index (Phi) is 6.28. The van der Waals surface area contributed by atoms with Crippen LogP contribution in [0, 0.1) is 5.82 Å². The monoisotopic (exact) mass is 440 g/mol. The van der Waals surface area contributed by atoms with Gasteiger partial charge >= 0.3 is 0 Å². The highest BCUT2D eigenvalue weighted by Gasteiger charge is 2.23. The van der Waals surface area contributed by atoms with Crippen LogP contribution in [-0.2, 0) is 0 Å². The standard InChI is InChI=1S/C24H26ClFN4O/c1-30(2)22-14-23(29-21-6-4-3-5-18(21)22)27-16-8-10-17(11-9-16)28-24(31)15-7-12-20(26)19(25)13-15/h3-7,12-14,16-17H,8-11H2,1-2H3,(H,27,29)(H,28,31). The lowest BCUT2D eigenvalue weighted by molar-refractivity contribution is 0.0926. The molecule has 1 aliphatic carbocycles. The first-order valence-corrected chi connectivity index (χ1v) is 10.9. The topological polar surface area (TPSA) is 57.3 Å². The van der Waals surface area contributed by atoms with Crippen molar-refractivity contribution in [2.75, 3.05) is 24.3 Å². The molecule has 1 aromatic heterocycles. The van der Waals surface area contributed by atoms with Gasteiger partial charge in [-0.1, -0.05) is 29.8 Å². The molecule has 1 saturated carbocycles. The number of hydrogen-bond donors (Lipinski definition) is 2. The van der Waals surface area contributed by atoms with Crippen LogP contribution in [0.3, 0.4) is 0 Å². The fraction of sp³-hybridized carbons (Fsp3) is 0.333. The maximum atomic E-state index is 13.3. The number of halogens is 2. The van der Waals surface area contributed by atoms with Crippen molar-refractivity contribution < 1.29 is 9.18 Å². The lowest BCUT2D eigenvalue weighted by Gasteiger charge is -2.30. The predicted octanol–water partition coefficient (Wildman–Crippen LogP) is 5.25. The number of aromatic nitrogens is 1. The van der Waals surface area contributed by atoms with Crippen LogP contribution in [0.4, 0.5) is 15.9 Å². The van der Waals surface area contributed by atoms with Crippen molar-refractivity contribution in [2.45, 2.75) is 37.8 Å².